The number of aromatic amines is 2. The van der Waals surface area contributed by atoms with Gasteiger partial charge in [0.25, 0.3) is 11.1 Å². The van der Waals surface area contributed by atoms with Gasteiger partial charge in [-0.05, 0) is 66.3 Å². The number of nitrogens with zero attached hydrogens (tertiary/aromatic N) is 4. The molecule has 0 bridgehead atoms. The average Bonchev–Trinajstić information content (AvgIpc) is 3.16. The van der Waals surface area contributed by atoms with E-state index in [1.165, 1.54) is 12.1 Å². The zero-order valence-corrected chi connectivity index (χ0v) is 31.9. The van der Waals surface area contributed by atoms with Crippen LogP contribution in [0.1, 0.15) is 108 Å². The van der Waals surface area contributed by atoms with E-state index in [0.717, 1.165) is 62.1 Å². The van der Waals surface area contributed by atoms with Crippen molar-refractivity contribution in [3.63, 3.8) is 0 Å². The lowest BCUT2D eigenvalue weighted by Gasteiger charge is -2.15. The second-order valence-electron chi connectivity index (χ2n) is 13.5. The van der Waals surface area contributed by atoms with E-state index in [1.807, 2.05) is 42.5 Å². The van der Waals surface area contributed by atoms with Crippen LogP contribution in [-0.4, -0.2) is 32.0 Å². The molecule has 0 fully saturated rings. The Morgan fingerprint density at radius 3 is 1.87 bits per heavy atom. The van der Waals surface area contributed by atoms with Crippen molar-refractivity contribution in [2.24, 2.45) is 10.2 Å². The van der Waals surface area contributed by atoms with Crippen LogP contribution in [0, 0.1) is 0 Å². The van der Waals surface area contributed by atoms with Gasteiger partial charge < -0.3 is 10.6 Å². The Morgan fingerprint density at radius 1 is 0.673 bits per heavy atom. The maximum Gasteiger partial charge on any atom is 0.326 e. The Morgan fingerprint density at radius 2 is 1.27 bits per heavy atom. The number of urea groups is 2. The first-order chi connectivity index (χ1) is 26.7. The lowest BCUT2D eigenvalue weighted by Crippen LogP contribution is -2.30. The molecule has 5 aromatic rings. The number of hydrogen-bond acceptors (Lipinski definition) is 8. The summed E-state index contributed by atoms with van der Waals surface area (Å²) >= 11 is 0. The molecule has 0 saturated carbocycles. The number of unbranched alkanes of at least 4 members (excludes halogenated alkanes) is 2. The lowest BCUT2D eigenvalue weighted by molar-refractivity contribution is 0.251. The lowest BCUT2D eigenvalue weighted by atomic mass is 9.96. The molecule has 14 nitrogen and oxygen atoms in total. The molecule has 0 aliphatic heterocycles. The fourth-order valence-electron chi connectivity index (χ4n) is 6.34. The van der Waals surface area contributed by atoms with Crippen LogP contribution in [-0.2, 0) is 6.54 Å². The molecular weight excluding hydrogens is 697 g/mol. The van der Waals surface area contributed by atoms with Crippen LogP contribution in [0.25, 0.3) is 10.8 Å². The monoisotopic (exact) mass is 746 g/mol. The van der Waals surface area contributed by atoms with E-state index in [2.05, 4.69) is 79.1 Å². The summed E-state index contributed by atoms with van der Waals surface area (Å²) < 4.78 is 0. The SMILES string of the molecule is CCCCC(CC)c1cc(=O)[nH]c(NC(=O)NCc2ccc(N=Nc3ccc4ccccc4c3)c(NC(=O)Nc3nc(C(CC)CCCC)cc(=O)[nH]3)c2)n1. The zero-order valence-electron chi connectivity index (χ0n) is 31.9. The molecule has 2 aromatic heterocycles. The molecule has 0 saturated heterocycles. The number of amides is 4. The van der Waals surface area contributed by atoms with Gasteiger partial charge in [0.05, 0.1) is 22.8 Å². The predicted molar refractivity (Wildman–Crippen MR) is 218 cm³/mol. The van der Waals surface area contributed by atoms with E-state index in [1.54, 1.807) is 18.2 Å². The first-order valence-corrected chi connectivity index (χ1v) is 19.1. The summed E-state index contributed by atoms with van der Waals surface area (Å²) in [6.07, 6.45) is 7.51. The van der Waals surface area contributed by atoms with E-state index in [4.69, 9.17) is 0 Å². The van der Waals surface area contributed by atoms with Gasteiger partial charge in [-0.3, -0.25) is 30.2 Å². The number of carbonyl (C=O) groups excluding carboxylic acids is 2. The van der Waals surface area contributed by atoms with Crippen molar-refractivity contribution < 1.29 is 9.59 Å². The molecule has 55 heavy (non-hydrogen) atoms. The number of anilines is 3. The summed E-state index contributed by atoms with van der Waals surface area (Å²) in [6, 6.07) is 20.5. The molecule has 14 heteroatoms. The van der Waals surface area contributed by atoms with Gasteiger partial charge in [0.2, 0.25) is 11.9 Å². The van der Waals surface area contributed by atoms with E-state index >= 15 is 0 Å². The average molecular weight is 747 g/mol. The topological polar surface area (TPSA) is 198 Å². The van der Waals surface area contributed by atoms with Crippen LogP contribution in [0.4, 0.5) is 38.5 Å². The minimum Gasteiger partial charge on any atom is -0.334 e. The normalized spacial score (nSPS) is 12.4. The number of aromatic nitrogens is 4. The number of carbonyl (C=O) groups is 2. The van der Waals surface area contributed by atoms with Gasteiger partial charge in [0.1, 0.15) is 5.69 Å². The van der Waals surface area contributed by atoms with E-state index < -0.39 is 12.1 Å². The summed E-state index contributed by atoms with van der Waals surface area (Å²) in [5, 5.41) is 21.8. The highest BCUT2D eigenvalue weighted by Gasteiger charge is 2.17. The number of H-pyrrole nitrogens is 2. The Hall–Kier alpha value is -6.18. The van der Waals surface area contributed by atoms with Gasteiger partial charge >= 0.3 is 12.1 Å². The van der Waals surface area contributed by atoms with Crippen molar-refractivity contribution in [2.45, 2.75) is 97.4 Å². The van der Waals surface area contributed by atoms with Gasteiger partial charge in [-0.1, -0.05) is 89.8 Å². The largest absolute Gasteiger partial charge is 0.334 e. The van der Waals surface area contributed by atoms with Crippen LogP contribution in [0.2, 0.25) is 0 Å². The minimum absolute atomic E-state index is 0.0233. The molecule has 6 N–H and O–H groups in total. The Balaban J connectivity index is 1.34. The Bertz CT molecular complexity index is 2230. The molecular formula is C41H50N10O4. The van der Waals surface area contributed by atoms with Crippen LogP contribution in [0.5, 0.6) is 0 Å². The van der Waals surface area contributed by atoms with Gasteiger partial charge in [-0.2, -0.15) is 5.11 Å². The number of hydrogen-bond donors (Lipinski definition) is 6. The molecule has 0 aliphatic rings. The third-order valence-electron chi connectivity index (χ3n) is 9.39. The van der Waals surface area contributed by atoms with Crippen molar-refractivity contribution in [2.75, 3.05) is 16.0 Å². The molecule has 0 spiro atoms. The number of rotatable bonds is 17. The quantitative estimate of drug-likeness (QED) is 0.0512. The van der Waals surface area contributed by atoms with Crippen LogP contribution in [0.3, 0.4) is 0 Å². The van der Waals surface area contributed by atoms with Crippen LogP contribution >= 0.6 is 0 Å². The van der Waals surface area contributed by atoms with E-state index in [0.29, 0.717) is 34.0 Å². The predicted octanol–water partition coefficient (Wildman–Crippen LogP) is 9.76. The highest BCUT2D eigenvalue weighted by Crippen LogP contribution is 2.30. The smallest absolute Gasteiger partial charge is 0.326 e. The van der Waals surface area contributed by atoms with Crippen LogP contribution in [0.15, 0.2) is 92.6 Å². The number of azo groups is 1. The second-order valence-corrected chi connectivity index (χ2v) is 13.5. The Kier molecular flexibility index (Phi) is 14.4. The maximum absolute atomic E-state index is 13.4. The summed E-state index contributed by atoms with van der Waals surface area (Å²) in [6.45, 7) is 8.40. The number of nitrogens with one attached hydrogen (secondary N) is 6. The van der Waals surface area contributed by atoms with E-state index in [9.17, 15) is 19.2 Å². The second kappa shape index (κ2) is 19.8. The molecule has 2 heterocycles. The maximum atomic E-state index is 13.4. The van der Waals surface area contributed by atoms with Crippen molar-refractivity contribution in [3.8, 4) is 0 Å². The molecule has 4 amide bonds. The molecule has 3 aromatic carbocycles. The van der Waals surface area contributed by atoms with Crippen molar-refractivity contribution in [3.05, 3.63) is 110 Å². The molecule has 0 aliphatic carbocycles. The zero-order chi connectivity index (χ0) is 39.2. The number of fused-ring (bicyclic) bond motifs is 1. The van der Waals surface area contributed by atoms with E-state index in [-0.39, 0.29) is 41.4 Å². The molecule has 2 atom stereocenters. The first kappa shape index (κ1) is 40.0. The molecule has 0 radical (unpaired) electrons. The highest BCUT2D eigenvalue weighted by molar-refractivity contribution is 6.00. The van der Waals surface area contributed by atoms with Crippen molar-refractivity contribution >= 4 is 51.8 Å². The summed E-state index contributed by atoms with van der Waals surface area (Å²) in [7, 11) is 0. The van der Waals surface area contributed by atoms with Gasteiger partial charge in [0.15, 0.2) is 0 Å². The van der Waals surface area contributed by atoms with Gasteiger partial charge in [0, 0.05) is 30.5 Å². The first-order valence-electron chi connectivity index (χ1n) is 19.1. The summed E-state index contributed by atoms with van der Waals surface area (Å²) in [5.41, 5.74) is 2.46. The fourth-order valence-corrected chi connectivity index (χ4v) is 6.34. The van der Waals surface area contributed by atoms with Gasteiger partial charge in [-0.25, -0.2) is 19.6 Å². The van der Waals surface area contributed by atoms with Gasteiger partial charge in [-0.15, -0.1) is 5.11 Å². The Labute approximate surface area is 320 Å². The van der Waals surface area contributed by atoms with Crippen LogP contribution < -0.4 is 32.4 Å². The standard InChI is InChI=1S/C41H50N10O4/c1-5-9-13-27(7-3)33-23-36(52)46-38(43-33)48-40(54)42-25-26-17-20-32(51-50-31-19-18-29-15-11-12-16-30(29)22-31)35(21-26)45-41(55)49-39-44-34(24-37(53)47-39)28(8-4)14-10-6-2/h11-12,15-24,27-28H,5-10,13-14,25H2,1-4H3,(H3,42,43,46,48,52,54)(H3,44,45,47,49,53,55). The third-order valence-corrected chi connectivity index (χ3v) is 9.39. The van der Waals surface area contributed by atoms with Crippen molar-refractivity contribution in [1.29, 1.82) is 0 Å². The minimum atomic E-state index is -0.661. The molecule has 2 unspecified atom stereocenters. The molecule has 288 valence electrons. The number of benzene rings is 3. The molecule has 5 rings (SSSR count). The summed E-state index contributed by atoms with van der Waals surface area (Å²) in [5.74, 6) is 0.290. The summed E-state index contributed by atoms with van der Waals surface area (Å²) in [4.78, 5) is 65.5. The third kappa shape index (κ3) is 11.7. The highest BCUT2D eigenvalue weighted by atomic mass is 16.2. The van der Waals surface area contributed by atoms with Crippen molar-refractivity contribution in [1.82, 2.24) is 25.3 Å². The fraction of sp³-hybridized carbons (Fsp3) is 0.366.